The highest BCUT2D eigenvalue weighted by Crippen LogP contribution is 2.21. The molecule has 0 aromatic heterocycles. The van der Waals surface area contributed by atoms with Crippen LogP contribution in [0.2, 0.25) is 0 Å². The number of esters is 1. The van der Waals surface area contributed by atoms with E-state index < -0.39 is 6.04 Å². The molecule has 2 heterocycles. The molecule has 0 radical (unpaired) electrons. The van der Waals surface area contributed by atoms with Gasteiger partial charge in [-0.05, 0) is 31.6 Å². The van der Waals surface area contributed by atoms with Crippen LogP contribution < -0.4 is 0 Å². The first-order valence-electron chi connectivity index (χ1n) is 7.67. The highest BCUT2D eigenvalue weighted by atomic mass is 16.6. The van der Waals surface area contributed by atoms with Crippen molar-refractivity contribution in [1.29, 1.82) is 0 Å². The van der Waals surface area contributed by atoms with Gasteiger partial charge in [0.05, 0.1) is 6.10 Å². The lowest BCUT2D eigenvalue weighted by molar-refractivity contribution is -0.160. The van der Waals surface area contributed by atoms with Crippen LogP contribution >= 0.6 is 0 Å². The predicted octanol–water partition coefficient (Wildman–Crippen LogP) is 1.75. The number of likely N-dealkylation sites (tertiary alicyclic amines) is 1. The van der Waals surface area contributed by atoms with Crippen molar-refractivity contribution < 1.29 is 19.1 Å². The zero-order valence-electron chi connectivity index (χ0n) is 12.5. The highest BCUT2D eigenvalue weighted by molar-refractivity contribution is 5.86. The number of rotatable bonds is 5. The minimum absolute atomic E-state index is 0.0230. The molecule has 5 nitrogen and oxygen atoms in total. The fourth-order valence-electron chi connectivity index (χ4n) is 2.92. The first-order chi connectivity index (χ1) is 9.59. The standard InChI is InChI=1S/C15H25NO4/c1-11(2)14(16-8-5-7-13(16)17)15(18)20-10-12-6-3-4-9-19-12/h11-12,14H,3-10H2,1-2H3/t12-,14-/m0/s1. The van der Waals surface area contributed by atoms with E-state index in [0.29, 0.717) is 19.6 Å². The van der Waals surface area contributed by atoms with E-state index in [1.807, 2.05) is 13.8 Å². The Morgan fingerprint density at radius 1 is 1.40 bits per heavy atom. The fourth-order valence-corrected chi connectivity index (χ4v) is 2.92. The van der Waals surface area contributed by atoms with Crippen molar-refractivity contribution in [2.45, 2.75) is 58.1 Å². The zero-order chi connectivity index (χ0) is 14.5. The molecule has 0 aromatic rings. The van der Waals surface area contributed by atoms with Gasteiger partial charge in [-0.25, -0.2) is 4.79 Å². The number of carbonyl (C=O) groups excluding carboxylic acids is 2. The summed E-state index contributed by atoms with van der Waals surface area (Å²) in [5.74, 6) is -0.157. The van der Waals surface area contributed by atoms with Gasteiger partial charge in [-0.15, -0.1) is 0 Å². The third kappa shape index (κ3) is 3.72. The van der Waals surface area contributed by atoms with Crippen LogP contribution in [0.1, 0.15) is 46.0 Å². The molecule has 2 saturated heterocycles. The quantitative estimate of drug-likeness (QED) is 0.721. The van der Waals surface area contributed by atoms with Crippen LogP contribution in [0.4, 0.5) is 0 Å². The molecule has 2 aliphatic rings. The van der Waals surface area contributed by atoms with E-state index in [2.05, 4.69) is 0 Å². The van der Waals surface area contributed by atoms with Gasteiger partial charge < -0.3 is 14.4 Å². The molecule has 0 aromatic carbocycles. The molecule has 2 fully saturated rings. The maximum absolute atomic E-state index is 12.3. The number of carbonyl (C=O) groups is 2. The number of ether oxygens (including phenoxy) is 2. The molecule has 2 rings (SSSR count). The van der Waals surface area contributed by atoms with E-state index in [0.717, 1.165) is 32.3 Å². The summed E-state index contributed by atoms with van der Waals surface area (Å²) in [6.45, 7) is 5.63. The molecule has 0 spiro atoms. The highest BCUT2D eigenvalue weighted by Gasteiger charge is 2.36. The van der Waals surface area contributed by atoms with Crippen LogP contribution in [-0.4, -0.2) is 48.7 Å². The molecule has 20 heavy (non-hydrogen) atoms. The second-order valence-corrected chi connectivity index (χ2v) is 6.00. The molecular formula is C15H25NO4. The minimum atomic E-state index is -0.450. The van der Waals surface area contributed by atoms with Crippen molar-refractivity contribution in [3.63, 3.8) is 0 Å². The van der Waals surface area contributed by atoms with Crippen LogP contribution in [0, 0.1) is 5.92 Å². The summed E-state index contributed by atoms with van der Waals surface area (Å²) in [6, 6.07) is -0.450. The Labute approximate surface area is 120 Å². The molecule has 1 amide bonds. The second kappa shape index (κ2) is 7.07. The normalized spacial score (nSPS) is 25.1. The summed E-state index contributed by atoms with van der Waals surface area (Å²) in [4.78, 5) is 25.8. The largest absolute Gasteiger partial charge is 0.461 e. The third-order valence-electron chi connectivity index (χ3n) is 4.00. The van der Waals surface area contributed by atoms with Gasteiger partial charge in [-0.3, -0.25) is 4.79 Å². The molecule has 0 saturated carbocycles. The van der Waals surface area contributed by atoms with Gasteiger partial charge in [0, 0.05) is 19.6 Å². The molecule has 0 aliphatic carbocycles. The number of amides is 1. The number of hydrogen-bond donors (Lipinski definition) is 0. The Morgan fingerprint density at radius 3 is 2.75 bits per heavy atom. The Kier molecular flexibility index (Phi) is 5.40. The van der Waals surface area contributed by atoms with Crippen LogP contribution in [-0.2, 0) is 19.1 Å². The molecule has 0 bridgehead atoms. The Hall–Kier alpha value is -1.10. The van der Waals surface area contributed by atoms with Gasteiger partial charge in [0.25, 0.3) is 0 Å². The summed E-state index contributed by atoms with van der Waals surface area (Å²) < 4.78 is 11.0. The molecule has 2 aliphatic heterocycles. The smallest absolute Gasteiger partial charge is 0.329 e. The average molecular weight is 283 g/mol. The average Bonchev–Trinajstić information content (AvgIpc) is 2.84. The molecular weight excluding hydrogens is 258 g/mol. The molecule has 114 valence electrons. The van der Waals surface area contributed by atoms with E-state index in [4.69, 9.17) is 9.47 Å². The van der Waals surface area contributed by atoms with E-state index in [9.17, 15) is 9.59 Å². The lowest BCUT2D eigenvalue weighted by atomic mass is 10.0. The Bertz CT molecular complexity index is 350. The summed E-state index contributed by atoms with van der Waals surface area (Å²) in [7, 11) is 0. The number of hydrogen-bond acceptors (Lipinski definition) is 4. The van der Waals surface area contributed by atoms with E-state index in [-0.39, 0.29) is 23.9 Å². The van der Waals surface area contributed by atoms with Gasteiger partial charge in [0.2, 0.25) is 5.91 Å². The lowest BCUT2D eigenvalue weighted by Crippen LogP contribution is -2.46. The lowest BCUT2D eigenvalue weighted by Gasteiger charge is -2.30. The SMILES string of the molecule is CC(C)[C@@H](C(=O)OC[C@@H]1CCCCO1)N1CCCC1=O. The second-order valence-electron chi connectivity index (χ2n) is 6.00. The Balaban J connectivity index is 1.88. The summed E-state index contributed by atoms with van der Waals surface area (Å²) in [5, 5.41) is 0. The first kappa shape index (κ1) is 15.3. The summed E-state index contributed by atoms with van der Waals surface area (Å²) in [5.41, 5.74) is 0. The third-order valence-corrected chi connectivity index (χ3v) is 4.00. The van der Waals surface area contributed by atoms with Gasteiger partial charge in [-0.2, -0.15) is 0 Å². The van der Waals surface area contributed by atoms with Gasteiger partial charge >= 0.3 is 5.97 Å². The first-order valence-corrected chi connectivity index (χ1v) is 7.67. The predicted molar refractivity (Wildman–Crippen MR) is 74.1 cm³/mol. The molecule has 2 atom stereocenters. The summed E-state index contributed by atoms with van der Waals surface area (Å²) in [6.07, 6.45) is 4.56. The maximum atomic E-state index is 12.3. The van der Waals surface area contributed by atoms with Crippen molar-refractivity contribution in [2.24, 2.45) is 5.92 Å². The van der Waals surface area contributed by atoms with Gasteiger partial charge in [0.1, 0.15) is 12.6 Å². The van der Waals surface area contributed by atoms with Crippen LogP contribution in [0.5, 0.6) is 0 Å². The maximum Gasteiger partial charge on any atom is 0.329 e. The Morgan fingerprint density at radius 2 is 2.20 bits per heavy atom. The minimum Gasteiger partial charge on any atom is -0.461 e. The van der Waals surface area contributed by atoms with Gasteiger partial charge in [0.15, 0.2) is 0 Å². The monoisotopic (exact) mass is 283 g/mol. The van der Waals surface area contributed by atoms with Crippen molar-refractivity contribution >= 4 is 11.9 Å². The van der Waals surface area contributed by atoms with E-state index in [1.54, 1.807) is 4.90 Å². The molecule has 0 unspecified atom stereocenters. The fraction of sp³-hybridized carbons (Fsp3) is 0.867. The van der Waals surface area contributed by atoms with Gasteiger partial charge in [-0.1, -0.05) is 13.8 Å². The van der Waals surface area contributed by atoms with Crippen LogP contribution in [0.3, 0.4) is 0 Å². The number of nitrogens with zero attached hydrogens (tertiary/aromatic N) is 1. The van der Waals surface area contributed by atoms with Crippen molar-refractivity contribution in [3.8, 4) is 0 Å². The van der Waals surface area contributed by atoms with Crippen molar-refractivity contribution in [2.75, 3.05) is 19.8 Å². The van der Waals surface area contributed by atoms with Crippen LogP contribution in [0.15, 0.2) is 0 Å². The zero-order valence-corrected chi connectivity index (χ0v) is 12.5. The summed E-state index contributed by atoms with van der Waals surface area (Å²) >= 11 is 0. The molecule has 5 heteroatoms. The van der Waals surface area contributed by atoms with E-state index >= 15 is 0 Å². The van der Waals surface area contributed by atoms with Crippen molar-refractivity contribution in [1.82, 2.24) is 4.90 Å². The van der Waals surface area contributed by atoms with Crippen LogP contribution in [0.25, 0.3) is 0 Å². The van der Waals surface area contributed by atoms with Crippen molar-refractivity contribution in [3.05, 3.63) is 0 Å². The molecule has 0 N–H and O–H groups in total. The topological polar surface area (TPSA) is 55.8 Å². The van der Waals surface area contributed by atoms with E-state index in [1.165, 1.54) is 0 Å².